The van der Waals surface area contributed by atoms with Crippen LogP contribution in [0, 0.1) is 11.7 Å². The number of amides is 1. The number of nitrogens with zero attached hydrogens (tertiary/aromatic N) is 1. The lowest BCUT2D eigenvalue weighted by Gasteiger charge is -2.39. The Labute approximate surface area is 142 Å². The minimum atomic E-state index is -0.446. The van der Waals surface area contributed by atoms with Crippen LogP contribution in [0.3, 0.4) is 0 Å². The zero-order valence-electron chi connectivity index (χ0n) is 14.6. The van der Waals surface area contributed by atoms with Gasteiger partial charge in [0.05, 0.1) is 13.2 Å². The number of carbonyl (C=O) groups excluding carboxylic acids is 2. The zero-order valence-corrected chi connectivity index (χ0v) is 14.6. The van der Waals surface area contributed by atoms with Crippen molar-refractivity contribution in [3.8, 4) is 0 Å². The number of ketones is 1. The molecule has 0 aromatic heterocycles. The van der Waals surface area contributed by atoms with Crippen molar-refractivity contribution in [3.63, 3.8) is 0 Å². The van der Waals surface area contributed by atoms with E-state index in [-0.39, 0.29) is 29.6 Å². The first kappa shape index (κ1) is 18.2. The van der Waals surface area contributed by atoms with Crippen molar-refractivity contribution in [2.45, 2.75) is 45.7 Å². The molecule has 130 valence electrons. The third kappa shape index (κ3) is 3.83. The van der Waals surface area contributed by atoms with Gasteiger partial charge in [-0.3, -0.25) is 9.69 Å². The van der Waals surface area contributed by atoms with Gasteiger partial charge in [0.2, 0.25) is 0 Å². The Balaban J connectivity index is 2.37. The lowest BCUT2D eigenvalue weighted by Crippen LogP contribution is -2.50. The highest BCUT2D eigenvalue weighted by molar-refractivity contribution is 5.98. The SMILES string of the molecule is COC(=O)N(C(C)C)C1C=C(C)CCC1C(=O)c1ccc(F)cc1. The number of hydrogen-bond acceptors (Lipinski definition) is 3. The van der Waals surface area contributed by atoms with Crippen LogP contribution in [0.25, 0.3) is 0 Å². The van der Waals surface area contributed by atoms with Crippen LogP contribution in [0.2, 0.25) is 0 Å². The van der Waals surface area contributed by atoms with E-state index in [4.69, 9.17) is 4.74 Å². The molecule has 1 amide bonds. The molecule has 0 saturated heterocycles. The Hall–Kier alpha value is -2.17. The van der Waals surface area contributed by atoms with Gasteiger partial charge >= 0.3 is 6.09 Å². The highest BCUT2D eigenvalue weighted by atomic mass is 19.1. The zero-order chi connectivity index (χ0) is 17.9. The maximum Gasteiger partial charge on any atom is 0.410 e. The number of methoxy groups -OCH3 is 1. The average molecular weight is 333 g/mol. The van der Waals surface area contributed by atoms with E-state index in [0.717, 1.165) is 12.0 Å². The van der Waals surface area contributed by atoms with Gasteiger partial charge in [0, 0.05) is 17.5 Å². The smallest absolute Gasteiger partial charge is 0.410 e. The van der Waals surface area contributed by atoms with Crippen molar-refractivity contribution in [2.24, 2.45) is 5.92 Å². The summed E-state index contributed by atoms with van der Waals surface area (Å²) in [5.41, 5.74) is 1.62. The summed E-state index contributed by atoms with van der Waals surface area (Å²) in [4.78, 5) is 26.8. The molecule has 2 rings (SSSR count). The summed E-state index contributed by atoms with van der Waals surface area (Å²) in [6, 6.07) is 5.10. The standard InChI is InChI=1S/C19H24FNO3/c1-12(2)21(19(23)24-4)17-11-13(3)5-10-16(17)18(22)14-6-8-15(20)9-7-14/h6-9,11-12,16-17H,5,10H2,1-4H3. The van der Waals surface area contributed by atoms with Gasteiger partial charge in [0.15, 0.2) is 5.78 Å². The van der Waals surface area contributed by atoms with Crippen molar-refractivity contribution >= 4 is 11.9 Å². The maximum absolute atomic E-state index is 13.1. The number of Topliss-reactive ketones (excluding diaryl/α,β-unsaturated/α-hetero) is 1. The van der Waals surface area contributed by atoms with Crippen LogP contribution in [-0.2, 0) is 4.74 Å². The fourth-order valence-corrected chi connectivity index (χ4v) is 3.22. The first-order valence-corrected chi connectivity index (χ1v) is 8.18. The minimum Gasteiger partial charge on any atom is -0.453 e. The van der Waals surface area contributed by atoms with E-state index in [1.165, 1.54) is 31.4 Å². The Morgan fingerprint density at radius 3 is 2.42 bits per heavy atom. The van der Waals surface area contributed by atoms with Gasteiger partial charge in [-0.25, -0.2) is 9.18 Å². The first-order valence-electron chi connectivity index (χ1n) is 8.18. The summed E-state index contributed by atoms with van der Waals surface area (Å²) < 4.78 is 18.0. The van der Waals surface area contributed by atoms with E-state index >= 15 is 0 Å². The molecule has 0 spiro atoms. The number of carbonyl (C=O) groups is 2. The summed E-state index contributed by atoms with van der Waals surface area (Å²) >= 11 is 0. The van der Waals surface area contributed by atoms with Gasteiger partial charge in [-0.1, -0.05) is 11.6 Å². The number of rotatable bonds is 4. The van der Waals surface area contributed by atoms with Crippen molar-refractivity contribution in [1.82, 2.24) is 4.90 Å². The molecule has 0 fully saturated rings. The fourth-order valence-electron chi connectivity index (χ4n) is 3.22. The summed E-state index contributed by atoms with van der Waals surface area (Å²) in [6.45, 7) is 5.80. The van der Waals surface area contributed by atoms with Crippen LogP contribution in [0.1, 0.15) is 44.0 Å². The number of halogens is 1. The molecule has 2 unspecified atom stereocenters. The average Bonchev–Trinajstić information content (AvgIpc) is 2.54. The molecule has 24 heavy (non-hydrogen) atoms. The van der Waals surface area contributed by atoms with E-state index in [9.17, 15) is 14.0 Å². The molecule has 2 atom stereocenters. The van der Waals surface area contributed by atoms with Crippen LogP contribution in [-0.4, -0.2) is 36.0 Å². The molecule has 4 nitrogen and oxygen atoms in total. The Morgan fingerprint density at radius 2 is 1.88 bits per heavy atom. The number of ether oxygens (including phenoxy) is 1. The van der Waals surface area contributed by atoms with Crippen LogP contribution in [0.4, 0.5) is 9.18 Å². The van der Waals surface area contributed by atoms with Gasteiger partial charge in [-0.15, -0.1) is 0 Å². The topological polar surface area (TPSA) is 46.6 Å². The summed E-state index contributed by atoms with van der Waals surface area (Å²) in [5.74, 6) is -0.806. The molecule has 0 aliphatic heterocycles. The molecular formula is C19H24FNO3. The van der Waals surface area contributed by atoms with Crippen LogP contribution in [0.15, 0.2) is 35.9 Å². The molecule has 0 heterocycles. The molecule has 5 heteroatoms. The Kier molecular flexibility index (Phi) is 5.75. The highest BCUT2D eigenvalue weighted by Crippen LogP contribution is 2.31. The fraction of sp³-hybridized carbons (Fsp3) is 0.474. The second-order valence-corrected chi connectivity index (χ2v) is 6.49. The predicted molar refractivity (Wildman–Crippen MR) is 90.4 cm³/mol. The largest absolute Gasteiger partial charge is 0.453 e. The van der Waals surface area contributed by atoms with Crippen molar-refractivity contribution in [2.75, 3.05) is 7.11 Å². The molecule has 1 aromatic rings. The van der Waals surface area contributed by atoms with E-state index < -0.39 is 6.09 Å². The molecule has 0 N–H and O–H groups in total. The monoisotopic (exact) mass is 333 g/mol. The van der Waals surface area contributed by atoms with Crippen LogP contribution < -0.4 is 0 Å². The van der Waals surface area contributed by atoms with Crippen LogP contribution >= 0.6 is 0 Å². The normalized spacial score (nSPS) is 20.5. The van der Waals surface area contributed by atoms with Gasteiger partial charge in [-0.2, -0.15) is 0 Å². The third-order valence-corrected chi connectivity index (χ3v) is 4.45. The van der Waals surface area contributed by atoms with E-state index in [2.05, 4.69) is 0 Å². The molecular weight excluding hydrogens is 309 g/mol. The number of hydrogen-bond donors (Lipinski definition) is 0. The predicted octanol–water partition coefficient (Wildman–Crippen LogP) is 4.21. The third-order valence-electron chi connectivity index (χ3n) is 4.45. The quantitative estimate of drug-likeness (QED) is 0.612. The summed E-state index contributed by atoms with van der Waals surface area (Å²) in [5, 5.41) is 0. The molecule has 0 saturated carbocycles. The van der Waals surface area contributed by atoms with Gasteiger partial charge in [-0.05, 0) is 57.9 Å². The van der Waals surface area contributed by atoms with E-state index in [0.29, 0.717) is 12.0 Å². The van der Waals surface area contributed by atoms with Gasteiger partial charge in [0.25, 0.3) is 0 Å². The molecule has 1 aliphatic rings. The minimum absolute atomic E-state index is 0.0710. The molecule has 1 aliphatic carbocycles. The van der Waals surface area contributed by atoms with E-state index in [1.54, 1.807) is 4.90 Å². The number of allylic oxidation sites excluding steroid dienone is 1. The van der Waals surface area contributed by atoms with Crippen molar-refractivity contribution in [3.05, 3.63) is 47.3 Å². The van der Waals surface area contributed by atoms with Crippen molar-refractivity contribution in [1.29, 1.82) is 0 Å². The summed E-state index contributed by atoms with van der Waals surface area (Å²) in [7, 11) is 1.34. The lowest BCUT2D eigenvalue weighted by molar-refractivity contribution is 0.0675. The Bertz CT molecular complexity index is 637. The van der Waals surface area contributed by atoms with E-state index in [1.807, 2.05) is 26.8 Å². The second kappa shape index (κ2) is 7.60. The summed E-state index contributed by atoms with van der Waals surface area (Å²) in [6.07, 6.45) is 3.00. The first-order chi connectivity index (χ1) is 11.3. The highest BCUT2D eigenvalue weighted by Gasteiger charge is 2.38. The van der Waals surface area contributed by atoms with Crippen LogP contribution in [0.5, 0.6) is 0 Å². The maximum atomic E-state index is 13.1. The molecule has 1 aromatic carbocycles. The van der Waals surface area contributed by atoms with Gasteiger partial charge < -0.3 is 4.74 Å². The van der Waals surface area contributed by atoms with Crippen molar-refractivity contribution < 1.29 is 18.7 Å². The Morgan fingerprint density at radius 1 is 1.25 bits per heavy atom. The lowest BCUT2D eigenvalue weighted by atomic mass is 9.80. The second-order valence-electron chi connectivity index (χ2n) is 6.49. The molecule has 0 radical (unpaired) electrons. The number of benzene rings is 1. The molecule has 0 bridgehead atoms. The van der Waals surface area contributed by atoms with Gasteiger partial charge in [0.1, 0.15) is 5.82 Å².